The molecule has 5 heteroatoms. The Hall–Kier alpha value is -1.10. The van der Waals surface area contributed by atoms with E-state index in [1.807, 2.05) is 5.32 Å². The van der Waals surface area contributed by atoms with Crippen molar-refractivity contribution in [2.45, 2.75) is 26.9 Å². The van der Waals surface area contributed by atoms with E-state index in [1.165, 1.54) is 0 Å². The predicted octanol–water partition coefficient (Wildman–Crippen LogP) is 1.51. The van der Waals surface area contributed by atoms with Crippen LogP contribution in [0.5, 0.6) is 0 Å². The maximum atomic E-state index is 13.1. The molecule has 14 heavy (non-hydrogen) atoms. The Balaban J connectivity index is 4.18. The maximum Gasteiger partial charge on any atom is 0.404 e. The van der Waals surface area contributed by atoms with Gasteiger partial charge in [-0.1, -0.05) is 20.8 Å². The molecular weight excluding hydrogens is 189 g/mol. The molecule has 0 saturated heterocycles. The van der Waals surface area contributed by atoms with Crippen LogP contribution in [0.3, 0.4) is 0 Å². The normalized spacial score (nSPS) is 15.1. The molecule has 1 amide bonds. The zero-order chi connectivity index (χ0) is 11.4. The van der Waals surface area contributed by atoms with Gasteiger partial charge in [0, 0.05) is 6.54 Å². The summed E-state index contributed by atoms with van der Waals surface area (Å²) < 4.78 is 13.1. The lowest BCUT2D eigenvalue weighted by Gasteiger charge is -2.24. The Bertz CT molecular complexity index is 233. The Morgan fingerprint density at radius 2 is 2.07 bits per heavy atom. The van der Waals surface area contributed by atoms with E-state index in [2.05, 4.69) is 0 Å². The second-order valence-corrected chi connectivity index (χ2v) is 4.04. The van der Waals surface area contributed by atoms with Gasteiger partial charge in [0.2, 0.25) is 0 Å². The Morgan fingerprint density at radius 1 is 1.57 bits per heavy atom. The van der Waals surface area contributed by atoms with Crippen molar-refractivity contribution in [2.24, 2.45) is 5.41 Å². The summed E-state index contributed by atoms with van der Waals surface area (Å²) in [5.41, 5.74) is -0.593. The molecular formula is C9H16FNO3. The number of halogens is 1. The molecule has 3 N–H and O–H groups in total. The first-order valence-corrected chi connectivity index (χ1v) is 4.25. The summed E-state index contributed by atoms with van der Waals surface area (Å²) in [4.78, 5) is 10.0. The monoisotopic (exact) mass is 205 g/mol. The lowest BCUT2D eigenvalue weighted by Crippen LogP contribution is -2.28. The third-order valence-corrected chi connectivity index (χ3v) is 1.63. The van der Waals surface area contributed by atoms with Crippen molar-refractivity contribution in [1.82, 2.24) is 5.32 Å². The van der Waals surface area contributed by atoms with Crippen LogP contribution in [0.1, 0.15) is 20.8 Å². The molecule has 1 unspecified atom stereocenters. The van der Waals surface area contributed by atoms with Gasteiger partial charge < -0.3 is 15.5 Å². The number of nitrogens with one attached hydrogen (secondary N) is 1. The highest BCUT2D eigenvalue weighted by molar-refractivity contribution is 5.64. The highest BCUT2D eigenvalue weighted by Crippen LogP contribution is 2.25. The van der Waals surface area contributed by atoms with Crippen LogP contribution in [0.15, 0.2) is 11.9 Å². The van der Waals surface area contributed by atoms with E-state index in [-0.39, 0.29) is 6.54 Å². The van der Waals surface area contributed by atoms with Crippen molar-refractivity contribution >= 4 is 6.09 Å². The van der Waals surface area contributed by atoms with Crippen molar-refractivity contribution < 1.29 is 19.4 Å². The first-order chi connectivity index (χ1) is 6.25. The molecule has 82 valence electrons. The van der Waals surface area contributed by atoms with E-state index in [1.54, 1.807) is 20.8 Å². The molecule has 1 atom stereocenters. The number of hydrogen-bond acceptors (Lipinski definition) is 2. The molecule has 0 aromatic rings. The maximum absolute atomic E-state index is 13.1. The lowest BCUT2D eigenvalue weighted by atomic mass is 9.88. The van der Waals surface area contributed by atoms with Crippen LogP contribution >= 0.6 is 0 Å². The zero-order valence-electron chi connectivity index (χ0n) is 8.54. The molecule has 0 fully saturated rings. The quantitative estimate of drug-likeness (QED) is 0.654. The van der Waals surface area contributed by atoms with Gasteiger partial charge in [0.25, 0.3) is 0 Å². The number of amides is 1. The van der Waals surface area contributed by atoms with Crippen LogP contribution in [0.25, 0.3) is 0 Å². The summed E-state index contributed by atoms with van der Waals surface area (Å²) in [5, 5.41) is 19.6. The van der Waals surface area contributed by atoms with Gasteiger partial charge in [0.05, 0.1) is 0 Å². The first-order valence-electron chi connectivity index (χ1n) is 4.25. The third-order valence-electron chi connectivity index (χ3n) is 1.63. The van der Waals surface area contributed by atoms with Gasteiger partial charge in [-0.25, -0.2) is 9.18 Å². The van der Waals surface area contributed by atoms with E-state index in [9.17, 15) is 14.3 Å². The van der Waals surface area contributed by atoms with Crippen molar-refractivity contribution in [3.05, 3.63) is 11.9 Å². The molecule has 0 rings (SSSR count). The molecule has 0 heterocycles. The Labute approximate surface area is 82.4 Å². The predicted molar refractivity (Wildman–Crippen MR) is 50.7 cm³/mol. The third kappa shape index (κ3) is 4.81. The smallest absolute Gasteiger partial charge is 0.404 e. The molecule has 0 aliphatic heterocycles. The van der Waals surface area contributed by atoms with Crippen LogP contribution < -0.4 is 5.32 Å². The number of aliphatic hydroxyl groups excluding tert-OH is 1. The van der Waals surface area contributed by atoms with E-state index >= 15 is 0 Å². The molecule has 4 nitrogen and oxygen atoms in total. The Kier molecular flexibility index (Phi) is 4.56. The molecule has 0 saturated carbocycles. The van der Waals surface area contributed by atoms with Gasteiger partial charge in [-0.05, 0) is 11.5 Å². The highest BCUT2D eigenvalue weighted by Gasteiger charge is 2.25. The molecule has 0 aromatic heterocycles. The first kappa shape index (κ1) is 12.9. The minimum absolute atomic E-state index is 0.145. The number of carboxylic acid groups (broad SMARTS) is 1. The Morgan fingerprint density at radius 3 is 2.43 bits per heavy atom. The average Bonchev–Trinajstić information content (AvgIpc) is 2.00. The second-order valence-electron chi connectivity index (χ2n) is 4.04. The number of carbonyl (C=O) groups is 1. The largest absolute Gasteiger partial charge is 0.465 e. The van der Waals surface area contributed by atoms with Crippen molar-refractivity contribution in [1.29, 1.82) is 0 Å². The lowest BCUT2D eigenvalue weighted by molar-refractivity contribution is 0.0746. The van der Waals surface area contributed by atoms with E-state index < -0.39 is 23.4 Å². The fourth-order valence-electron chi connectivity index (χ4n) is 0.761. The average molecular weight is 205 g/mol. The minimum Gasteiger partial charge on any atom is -0.465 e. The summed E-state index contributed by atoms with van der Waals surface area (Å²) in [6.07, 6.45) is -1.42. The van der Waals surface area contributed by atoms with Gasteiger partial charge >= 0.3 is 6.09 Å². The fourth-order valence-corrected chi connectivity index (χ4v) is 0.761. The number of hydrogen-bond donors (Lipinski definition) is 3. The molecule has 0 aliphatic carbocycles. The van der Waals surface area contributed by atoms with Crippen LogP contribution in [0, 0.1) is 5.41 Å². The molecule has 0 spiro atoms. The van der Waals surface area contributed by atoms with Crippen molar-refractivity contribution in [2.75, 3.05) is 6.54 Å². The van der Waals surface area contributed by atoms with E-state index in [4.69, 9.17) is 5.11 Å². The number of aliphatic hydroxyl groups is 1. The van der Waals surface area contributed by atoms with Crippen LogP contribution in [0.4, 0.5) is 9.18 Å². The van der Waals surface area contributed by atoms with Gasteiger partial charge in [-0.3, -0.25) is 0 Å². The van der Waals surface area contributed by atoms with Gasteiger partial charge in [0.1, 0.15) is 11.9 Å². The van der Waals surface area contributed by atoms with Crippen LogP contribution in [0.2, 0.25) is 0 Å². The zero-order valence-corrected chi connectivity index (χ0v) is 8.54. The van der Waals surface area contributed by atoms with E-state index in [0.717, 1.165) is 6.08 Å². The minimum atomic E-state index is -1.22. The van der Waals surface area contributed by atoms with Gasteiger partial charge in [0.15, 0.2) is 0 Å². The molecule has 0 aromatic carbocycles. The highest BCUT2D eigenvalue weighted by atomic mass is 19.1. The SMILES string of the molecule is CC(C)(C)C(O)C(F)=CCNC(=O)O. The molecule has 0 bridgehead atoms. The summed E-state index contributed by atoms with van der Waals surface area (Å²) >= 11 is 0. The van der Waals surface area contributed by atoms with Crippen LogP contribution in [-0.2, 0) is 0 Å². The summed E-state index contributed by atoms with van der Waals surface area (Å²) in [6.45, 7) is 4.93. The molecule has 0 aliphatic rings. The van der Waals surface area contributed by atoms with Gasteiger partial charge in [-0.2, -0.15) is 0 Å². The number of rotatable bonds is 3. The summed E-state index contributed by atoms with van der Waals surface area (Å²) in [5.74, 6) is -0.716. The topological polar surface area (TPSA) is 69.6 Å². The van der Waals surface area contributed by atoms with Crippen LogP contribution in [-0.4, -0.2) is 29.0 Å². The van der Waals surface area contributed by atoms with Gasteiger partial charge in [-0.15, -0.1) is 0 Å². The summed E-state index contributed by atoms with van der Waals surface area (Å²) in [7, 11) is 0. The fraction of sp³-hybridized carbons (Fsp3) is 0.667. The summed E-state index contributed by atoms with van der Waals surface area (Å²) in [6, 6.07) is 0. The van der Waals surface area contributed by atoms with Crippen molar-refractivity contribution in [3.63, 3.8) is 0 Å². The standard InChI is InChI=1S/C9H16FNO3/c1-9(2,3)7(12)6(10)4-5-11-8(13)14/h4,7,11-12H,5H2,1-3H3,(H,13,14). The molecule has 0 radical (unpaired) electrons. The second kappa shape index (κ2) is 4.95. The van der Waals surface area contributed by atoms with E-state index in [0.29, 0.717) is 0 Å². The van der Waals surface area contributed by atoms with Crippen molar-refractivity contribution in [3.8, 4) is 0 Å².